The number of benzene rings is 2. The molecular weight excluding hydrogens is 346 g/mol. The summed E-state index contributed by atoms with van der Waals surface area (Å²) in [5.41, 5.74) is 2.97. The number of hydrogen-bond acceptors (Lipinski definition) is 7. The standard InChI is InChI=1S/C19H17N5O3/c1-12-17(21-23-24(12)14-5-4-6-16(11-14)26-3)19-20-18(22-27-19)13-7-9-15(25-2)10-8-13/h4-11H,1-3H3. The van der Waals surface area contributed by atoms with E-state index in [1.807, 2.05) is 55.5 Å². The average molecular weight is 363 g/mol. The van der Waals surface area contributed by atoms with E-state index in [0.717, 1.165) is 28.4 Å². The Balaban J connectivity index is 1.66. The lowest BCUT2D eigenvalue weighted by Crippen LogP contribution is -1.99. The molecule has 0 aliphatic rings. The fourth-order valence-electron chi connectivity index (χ4n) is 2.69. The highest BCUT2D eigenvalue weighted by Gasteiger charge is 2.19. The van der Waals surface area contributed by atoms with Gasteiger partial charge in [-0.15, -0.1) is 5.10 Å². The first kappa shape index (κ1) is 16.8. The molecule has 4 aromatic rings. The summed E-state index contributed by atoms with van der Waals surface area (Å²) in [5.74, 6) is 2.29. The van der Waals surface area contributed by atoms with Crippen LogP contribution in [0.4, 0.5) is 0 Å². The number of rotatable bonds is 5. The van der Waals surface area contributed by atoms with E-state index in [2.05, 4.69) is 20.5 Å². The van der Waals surface area contributed by atoms with Crippen LogP contribution in [0.2, 0.25) is 0 Å². The summed E-state index contributed by atoms with van der Waals surface area (Å²) in [7, 11) is 3.24. The highest BCUT2D eigenvalue weighted by molar-refractivity contribution is 5.60. The van der Waals surface area contributed by atoms with Gasteiger partial charge in [-0.25, -0.2) is 4.68 Å². The van der Waals surface area contributed by atoms with Crippen molar-refractivity contribution in [2.45, 2.75) is 6.92 Å². The van der Waals surface area contributed by atoms with Crippen LogP contribution in [0.15, 0.2) is 53.1 Å². The summed E-state index contributed by atoms with van der Waals surface area (Å²) in [6.45, 7) is 1.89. The first-order valence-corrected chi connectivity index (χ1v) is 8.25. The zero-order valence-electron chi connectivity index (χ0n) is 15.1. The minimum Gasteiger partial charge on any atom is -0.497 e. The van der Waals surface area contributed by atoms with Crippen molar-refractivity contribution in [3.05, 3.63) is 54.2 Å². The first-order chi connectivity index (χ1) is 13.2. The van der Waals surface area contributed by atoms with Gasteiger partial charge in [-0.2, -0.15) is 4.98 Å². The molecular formula is C19H17N5O3. The Bertz CT molecular complexity index is 1070. The summed E-state index contributed by atoms with van der Waals surface area (Å²) in [6, 6.07) is 15.0. The molecule has 0 spiro atoms. The van der Waals surface area contributed by atoms with Crippen molar-refractivity contribution in [3.63, 3.8) is 0 Å². The van der Waals surface area contributed by atoms with E-state index in [1.165, 1.54) is 0 Å². The summed E-state index contributed by atoms with van der Waals surface area (Å²) < 4.78 is 17.5. The third-order valence-corrected chi connectivity index (χ3v) is 4.17. The van der Waals surface area contributed by atoms with E-state index in [9.17, 15) is 0 Å². The van der Waals surface area contributed by atoms with Gasteiger partial charge in [-0.3, -0.25) is 0 Å². The van der Waals surface area contributed by atoms with Gasteiger partial charge >= 0.3 is 0 Å². The maximum Gasteiger partial charge on any atom is 0.280 e. The first-order valence-electron chi connectivity index (χ1n) is 8.25. The van der Waals surface area contributed by atoms with E-state index < -0.39 is 0 Å². The fourth-order valence-corrected chi connectivity index (χ4v) is 2.69. The smallest absolute Gasteiger partial charge is 0.280 e. The zero-order valence-corrected chi connectivity index (χ0v) is 15.1. The van der Waals surface area contributed by atoms with Crippen LogP contribution in [0, 0.1) is 6.92 Å². The molecule has 2 heterocycles. The Morgan fingerprint density at radius 2 is 1.74 bits per heavy atom. The summed E-state index contributed by atoms with van der Waals surface area (Å²) in [6.07, 6.45) is 0. The van der Waals surface area contributed by atoms with Crippen LogP contribution in [0.1, 0.15) is 5.69 Å². The molecule has 0 aliphatic heterocycles. The topological polar surface area (TPSA) is 88.1 Å². The van der Waals surface area contributed by atoms with E-state index in [-0.39, 0.29) is 0 Å². The largest absolute Gasteiger partial charge is 0.497 e. The predicted octanol–water partition coefficient (Wildman–Crippen LogP) is 3.31. The van der Waals surface area contributed by atoms with E-state index in [4.69, 9.17) is 14.0 Å². The highest BCUT2D eigenvalue weighted by Crippen LogP contribution is 2.26. The molecule has 8 nitrogen and oxygen atoms in total. The Morgan fingerprint density at radius 1 is 0.963 bits per heavy atom. The lowest BCUT2D eigenvalue weighted by atomic mass is 10.2. The van der Waals surface area contributed by atoms with Gasteiger partial charge in [-0.1, -0.05) is 16.4 Å². The second-order valence-corrected chi connectivity index (χ2v) is 5.79. The number of hydrogen-bond donors (Lipinski definition) is 0. The Kier molecular flexibility index (Phi) is 4.29. The summed E-state index contributed by atoms with van der Waals surface area (Å²) >= 11 is 0. The zero-order chi connectivity index (χ0) is 18.8. The number of aromatic nitrogens is 5. The van der Waals surface area contributed by atoms with Crippen LogP contribution in [0.25, 0.3) is 28.7 Å². The Labute approximate surface area is 155 Å². The minimum atomic E-state index is 0.312. The number of methoxy groups -OCH3 is 2. The van der Waals surface area contributed by atoms with E-state index >= 15 is 0 Å². The molecule has 0 N–H and O–H groups in total. The molecule has 8 heteroatoms. The van der Waals surface area contributed by atoms with Gasteiger partial charge in [0.15, 0.2) is 5.69 Å². The fraction of sp³-hybridized carbons (Fsp3) is 0.158. The van der Waals surface area contributed by atoms with Gasteiger partial charge in [0.25, 0.3) is 5.89 Å². The molecule has 4 rings (SSSR count). The van der Waals surface area contributed by atoms with Crippen LogP contribution in [-0.2, 0) is 0 Å². The molecule has 0 saturated carbocycles. The molecule has 0 saturated heterocycles. The van der Waals surface area contributed by atoms with Crippen molar-refractivity contribution in [2.75, 3.05) is 14.2 Å². The van der Waals surface area contributed by atoms with Gasteiger partial charge in [0.05, 0.1) is 25.6 Å². The molecule has 0 atom stereocenters. The molecule has 0 bridgehead atoms. The van der Waals surface area contributed by atoms with Crippen LogP contribution >= 0.6 is 0 Å². The van der Waals surface area contributed by atoms with Gasteiger partial charge in [0.1, 0.15) is 11.5 Å². The van der Waals surface area contributed by atoms with Crippen molar-refractivity contribution < 1.29 is 14.0 Å². The maximum atomic E-state index is 5.40. The molecule has 0 unspecified atom stereocenters. The van der Waals surface area contributed by atoms with Crippen LogP contribution < -0.4 is 9.47 Å². The van der Waals surface area contributed by atoms with Gasteiger partial charge in [0, 0.05) is 11.6 Å². The number of nitrogens with zero attached hydrogens (tertiary/aromatic N) is 5. The molecule has 0 radical (unpaired) electrons. The quantitative estimate of drug-likeness (QED) is 0.537. The third kappa shape index (κ3) is 3.12. The lowest BCUT2D eigenvalue weighted by molar-refractivity contribution is 0.414. The summed E-state index contributed by atoms with van der Waals surface area (Å²) in [4.78, 5) is 4.45. The highest BCUT2D eigenvalue weighted by atomic mass is 16.5. The second kappa shape index (κ2) is 6.91. The Hall–Kier alpha value is -3.68. The normalized spacial score (nSPS) is 10.8. The van der Waals surface area contributed by atoms with Crippen LogP contribution in [0.5, 0.6) is 11.5 Å². The maximum absolute atomic E-state index is 5.40. The average Bonchev–Trinajstić information content (AvgIpc) is 3.35. The van der Waals surface area contributed by atoms with Crippen molar-refractivity contribution in [1.29, 1.82) is 0 Å². The van der Waals surface area contributed by atoms with Crippen molar-refractivity contribution in [3.8, 4) is 40.2 Å². The monoisotopic (exact) mass is 363 g/mol. The van der Waals surface area contributed by atoms with Crippen molar-refractivity contribution >= 4 is 0 Å². The second-order valence-electron chi connectivity index (χ2n) is 5.79. The molecule has 2 aromatic carbocycles. The minimum absolute atomic E-state index is 0.312. The van der Waals surface area contributed by atoms with Crippen LogP contribution in [0.3, 0.4) is 0 Å². The number of ether oxygens (including phenoxy) is 2. The van der Waals surface area contributed by atoms with Gasteiger partial charge < -0.3 is 14.0 Å². The summed E-state index contributed by atoms with van der Waals surface area (Å²) in [5, 5.41) is 12.5. The van der Waals surface area contributed by atoms with Crippen molar-refractivity contribution in [1.82, 2.24) is 25.1 Å². The van der Waals surface area contributed by atoms with Gasteiger partial charge in [-0.05, 0) is 43.3 Å². The molecule has 2 aromatic heterocycles. The lowest BCUT2D eigenvalue weighted by Gasteiger charge is -2.05. The molecule has 0 fully saturated rings. The molecule has 0 aliphatic carbocycles. The molecule has 27 heavy (non-hydrogen) atoms. The predicted molar refractivity (Wildman–Crippen MR) is 97.9 cm³/mol. The SMILES string of the molecule is COc1ccc(-c2noc(-c3nnn(-c4cccc(OC)c4)c3C)n2)cc1. The van der Waals surface area contributed by atoms with Crippen LogP contribution in [-0.4, -0.2) is 39.4 Å². The third-order valence-electron chi connectivity index (χ3n) is 4.17. The molecule has 0 amide bonds. The van der Waals surface area contributed by atoms with E-state index in [0.29, 0.717) is 17.4 Å². The van der Waals surface area contributed by atoms with Crippen molar-refractivity contribution in [2.24, 2.45) is 0 Å². The Morgan fingerprint density at radius 3 is 2.48 bits per heavy atom. The van der Waals surface area contributed by atoms with Gasteiger partial charge in [0.2, 0.25) is 5.82 Å². The molecule has 136 valence electrons. The van der Waals surface area contributed by atoms with E-state index in [1.54, 1.807) is 18.9 Å².